The van der Waals surface area contributed by atoms with Gasteiger partial charge in [0.2, 0.25) is 0 Å². The predicted molar refractivity (Wildman–Crippen MR) is 143 cm³/mol. The molecular weight excluding hydrogens is 489 g/mol. The lowest BCUT2D eigenvalue weighted by Gasteiger charge is -2.23. The zero-order valence-corrected chi connectivity index (χ0v) is 21.3. The molecule has 1 aliphatic rings. The van der Waals surface area contributed by atoms with Crippen molar-refractivity contribution in [2.75, 3.05) is 25.7 Å². The predicted octanol–water partition coefficient (Wildman–Crippen LogP) is 6.54. The van der Waals surface area contributed by atoms with Crippen molar-refractivity contribution < 1.29 is 28.3 Å². The summed E-state index contributed by atoms with van der Waals surface area (Å²) in [5, 5.41) is 11.4. The summed E-state index contributed by atoms with van der Waals surface area (Å²) in [4.78, 5) is 14.2. The number of benzene rings is 4. The average molecular weight is 516 g/mol. The number of aromatic hydroxyl groups is 1. The highest BCUT2D eigenvalue weighted by atomic mass is 31.2. The highest BCUT2D eigenvalue weighted by Gasteiger charge is 2.37. The number of amides is 1. The van der Waals surface area contributed by atoms with Gasteiger partial charge in [0.25, 0.3) is 0 Å². The van der Waals surface area contributed by atoms with E-state index < -0.39 is 19.7 Å². The molecule has 0 saturated carbocycles. The third-order valence-electron chi connectivity index (χ3n) is 6.51. The van der Waals surface area contributed by atoms with Crippen molar-refractivity contribution in [3.8, 4) is 28.0 Å². The van der Waals surface area contributed by atoms with Gasteiger partial charge in [0, 0.05) is 25.5 Å². The van der Waals surface area contributed by atoms with Crippen LogP contribution in [-0.2, 0) is 18.3 Å². The van der Waals surface area contributed by atoms with Gasteiger partial charge in [0.05, 0.1) is 5.30 Å². The van der Waals surface area contributed by atoms with Crippen LogP contribution in [0.2, 0.25) is 0 Å². The molecule has 0 radical (unpaired) electrons. The van der Waals surface area contributed by atoms with Crippen molar-refractivity contribution >= 4 is 24.7 Å². The molecule has 8 heteroatoms. The van der Waals surface area contributed by atoms with Crippen LogP contribution in [0.15, 0.2) is 97.1 Å². The Balaban J connectivity index is 1.40. The molecule has 37 heavy (non-hydrogen) atoms. The van der Waals surface area contributed by atoms with Gasteiger partial charge in [-0.25, -0.2) is 4.79 Å². The third-order valence-corrected chi connectivity index (χ3v) is 8.40. The molecule has 0 bridgehead atoms. The number of phenols is 1. The molecule has 1 fully saturated rings. The first-order valence-electron chi connectivity index (χ1n) is 11.7. The Labute approximate surface area is 215 Å². The van der Waals surface area contributed by atoms with Gasteiger partial charge in [-0.05, 0) is 52.6 Å². The summed E-state index contributed by atoms with van der Waals surface area (Å²) in [6.45, 7) is 0.129. The van der Waals surface area contributed by atoms with Crippen molar-refractivity contribution in [2.24, 2.45) is 0 Å². The Hall–Kier alpha value is -3.90. The van der Waals surface area contributed by atoms with Crippen LogP contribution >= 0.6 is 7.60 Å². The summed E-state index contributed by atoms with van der Waals surface area (Å²) in [6, 6.07) is 29.5. The topological polar surface area (TPSA) is 85.3 Å². The van der Waals surface area contributed by atoms with E-state index in [2.05, 4.69) is 0 Å². The number of rotatable bonds is 7. The van der Waals surface area contributed by atoms with E-state index >= 15 is 0 Å². The summed E-state index contributed by atoms with van der Waals surface area (Å²) in [7, 11) is -0.659. The van der Waals surface area contributed by atoms with Gasteiger partial charge in [0.15, 0.2) is 0 Å². The van der Waals surface area contributed by atoms with Gasteiger partial charge in [-0.2, -0.15) is 0 Å². The summed E-state index contributed by atoms with van der Waals surface area (Å²) < 4.78 is 28.0. The molecule has 1 unspecified atom stereocenters. The van der Waals surface area contributed by atoms with Crippen LogP contribution in [0, 0.1) is 0 Å². The molecule has 1 aliphatic heterocycles. The molecule has 0 aliphatic carbocycles. The highest BCUT2D eigenvalue weighted by molar-refractivity contribution is 7.62. The van der Waals surface area contributed by atoms with Gasteiger partial charge < -0.3 is 18.9 Å². The number of hydrogen-bond donors (Lipinski definition) is 1. The minimum Gasteiger partial charge on any atom is -0.508 e. The Morgan fingerprint density at radius 3 is 2.00 bits per heavy atom. The molecule has 1 amide bonds. The number of carbonyl (C=O) groups excluding carboxylic acids is 1. The Morgan fingerprint density at radius 2 is 1.38 bits per heavy atom. The molecule has 1 saturated heterocycles. The van der Waals surface area contributed by atoms with E-state index in [4.69, 9.17) is 13.8 Å². The summed E-state index contributed by atoms with van der Waals surface area (Å²) in [6.07, 6.45) is -0.461. The van der Waals surface area contributed by atoms with Crippen molar-refractivity contribution in [1.82, 2.24) is 0 Å². The molecule has 1 heterocycles. The fourth-order valence-electron chi connectivity index (χ4n) is 4.51. The Morgan fingerprint density at radius 1 is 0.811 bits per heavy atom. The van der Waals surface area contributed by atoms with E-state index in [0.717, 1.165) is 22.3 Å². The van der Waals surface area contributed by atoms with Gasteiger partial charge >= 0.3 is 13.7 Å². The zero-order valence-electron chi connectivity index (χ0n) is 20.4. The third kappa shape index (κ3) is 4.77. The minimum atomic E-state index is -3.34. The fraction of sp³-hybridized carbons (Fsp3) is 0.138. The van der Waals surface area contributed by atoms with E-state index in [9.17, 15) is 14.5 Å². The van der Waals surface area contributed by atoms with Crippen molar-refractivity contribution in [1.29, 1.82) is 0 Å². The lowest BCUT2D eigenvalue weighted by atomic mass is 9.99. The lowest BCUT2D eigenvalue weighted by molar-refractivity contribution is 0.178. The van der Waals surface area contributed by atoms with Crippen LogP contribution in [0.25, 0.3) is 22.3 Å². The van der Waals surface area contributed by atoms with Gasteiger partial charge in [-0.3, -0.25) is 9.46 Å². The number of carbonyl (C=O) groups is 1. The molecule has 1 atom stereocenters. The maximum Gasteiger partial charge on any atom is 0.415 e. The first-order valence-corrected chi connectivity index (χ1v) is 13.2. The van der Waals surface area contributed by atoms with Gasteiger partial charge in [-0.15, -0.1) is 0 Å². The van der Waals surface area contributed by atoms with Crippen LogP contribution < -0.4 is 10.2 Å². The van der Waals surface area contributed by atoms with Crippen LogP contribution in [0.3, 0.4) is 0 Å². The normalized spacial score (nSPS) is 15.6. The number of cyclic esters (lactones) is 1. The van der Waals surface area contributed by atoms with Crippen molar-refractivity contribution in [3.05, 3.63) is 103 Å². The Kier molecular flexibility index (Phi) is 6.85. The number of ether oxygens (including phenoxy) is 1. The molecule has 5 rings (SSSR count). The number of phenolic OH excluding ortho intramolecular Hbond substituents is 1. The summed E-state index contributed by atoms with van der Waals surface area (Å²) >= 11 is 0. The van der Waals surface area contributed by atoms with E-state index in [0.29, 0.717) is 16.6 Å². The van der Waals surface area contributed by atoms with E-state index in [1.165, 1.54) is 14.2 Å². The second-order valence-corrected chi connectivity index (χ2v) is 10.8. The Bertz CT molecular complexity index is 1450. The average Bonchev–Trinajstić information content (AvgIpc) is 3.34. The molecule has 7 nitrogen and oxygen atoms in total. The van der Waals surface area contributed by atoms with Crippen LogP contribution in [0.1, 0.15) is 11.6 Å². The molecule has 4 aromatic rings. The highest BCUT2D eigenvalue weighted by Crippen LogP contribution is 2.45. The maximum absolute atomic E-state index is 12.7. The smallest absolute Gasteiger partial charge is 0.415 e. The summed E-state index contributed by atoms with van der Waals surface area (Å²) in [5.74, 6) is 0.0511. The second-order valence-electron chi connectivity index (χ2n) is 8.56. The van der Waals surface area contributed by atoms with Crippen LogP contribution in [0.4, 0.5) is 10.5 Å². The number of nitrogens with zero attached hydrogens (tertiary/aromatic N) is 1. The zero-order chi connectivity index (χ0) is 26.0. The van der Waals surface area contributed by atoms with Crippen LogP contribution in [0.5, 0.6) is 5.75 Å². The second kappa shape index (κ2) is 10.2. The van der Waals surface area contributed by atoms with Crippen molar-refractivity contribution in [2.45, 2.75) is 6.04 Å². The molecular formula is C29H26NO6P. The first kappa shape index (κ1) is 24.8. The van der Waals surface area contributed by atoms with Crippen LogP contribution in [-0.4, -0.2) is 32.0 Å². The minimum absolute atomic E-state index is 0.0511. The number of hydrogen-bond acceptors (Lipinski definition) is 6. The van der Waals surface area contributed by atoms with Gasteiger partial charge in [0.1, 0.15) is 18.4 Å². The standard InChI is InChI=1S/C29H26NO6P/c1-34-37(33,35-2)25-15-10-22(11-16-25)23-12-17-26(28(31)18-23)27-19-36-29(32)30(27)24-13-8-21(9-14-24)20-6-4-3-5-7-20/h3-18,27,31H,19H2,1-2H3. The van der Waals surface area contributed by atoms with E-state index in [1.54, 1.807) is 41.3 Å². The SMILES string of the molecule is COP(=O)(OC)c1ccc(-c2ccc(C3COC(=O)N3c3ccc(-c4ccccc4)cc3)c(O)c2)cc1. The quantitative estimate of drug-likeness (QED) is 0.282. The molecule has 4 aromatic carbocycles. The monoisotopic (exact) mass is 515 g/mol. The fourth-order valence-corrected chi connectivity index (χ4v) is 5.59. The van der Waals surface area contributed by atoms with Crippen molar-refractivity contribution in [3.63, 3.8) is 0 Å². The molecule has 0 spiro atoms. The molecule has 0 aromatic heterocycles. The van der Waals surface area contributed by atoms with Gasteiger partial charge in [-0.1, -0.05) is 66.7 Å². The first-order chi connectivity index (χ1) is 17.9. The lowest BCUT2D eigenvalue weighted by Crippen LogP contribution is -2.27. The maximum atomic E-state index is 12.7. The van der Waals surface area contributed by atoms with E-state index in [-0.39, 0.29) is 12.4 Å². The largest absolute Gasteiger partial charge is 0.508 e. The number of anilines is 1. The van der Waals surface area contributed by atoms with E-state index in [1.807, 2.05) is 60.7 Å². The molecule has 1 N–H and O–H groups in total. The molecule has 188 valence electrons. The summed E-state index contributed by atoms with van der Waals surface area (Å²) in [5.41, 5.74) is 4.98.